The third-order valence-electron chi connectivity index (χ3n) is 3.69. The van der Waals surface area contributed by atoms with Gasteiger partial charge in [0.15, 0.2) is 11.6 Å². The molecule has 0 saturated heterocycles. The van der Waals surface area contributed by atoms with Crippen LogP contribution in [0.5, 0.6) is 5.75 Å². The van der Waals surface area contributed by atoms with Crippen LogP contribution in [0.4, 0.5) is 0 Å². The van der Waals surface area contributed by atoms with Gasteiger partial charge in [0.1, 0.15) is 5.75 Å². The van der Waals surface area contributed by atoms with Crippen LogP contribution in [0.3, 0.4) is 0 Å². The molecule has 3 rings (SSSR count). The summed E-state index contributed by atoms with van der Waals surface area (Å²) in [6.45, 7) is 3.96. The van der Waals surface area contributed by atoms with Gasteiger partial charge in [-0.3, -0.25) is 0 Å². The van der Waals surface area contributed by atoms with E-state index in [9.17, 15) is 4.79 Å². The number of carbonyl (C=O) groups is 1. The van der Waals surface area contributed by atoms with Crippen LogP contribution in [0.1, 0.15) is 31.4 Å². The standard InChI is InChI=1S/C21H21NO3/c1-15(2)24-18-11-8-17(9-12-18)14-19-21(23)25-20(22-19)13-10-16-6-4-3-5-7-16/h3-9,11-12,14-15H,10,13H2,1-2H3/b19-14+. The van der Waals surface area contributed by atoms with Crippen molar-refractivity contribution >= 4 is 17.9 Å². The van der Waals surface area contributed by atoms with E-state index in [1.54, 1.807) is 6.08 Å². The zero-order valence-electron chi connectivity index (χ0n) is 14.4. The lowest BCUT2D eigenvalue weighted by atomic mass is 10.1. The number of hydrogen-bond donors (Lipinski definition) is 0. The maximum Gasteiger partial charge on any atom is 0.363 e. The van der Waals surface area contributed by atoms with Crippen LogP contribution in [0.15, 0.2) is 65.3 Å². The predicted octanol–water partition coefficient (Wildman–Crippen LogP) is 4.40. The molecule has 1 heterocycles. The van der Waals surface area contributed by atoms with E-state index in [4.69, 9.17) is 9.47 Å². The van der Waals surface area contributed by atoms with Gasteiger partial charge in [-0.1, -0.05) is 42.5 Å². The van der Waals surface area contributed by atoms with Gasteiger partial charge in [0.25, 0.3) is 0 Å². The van der Waals surface area contributed by atoms with E-state index in [0.717, 1.165) is 17.7 Å². The first-order chi connectivity index (χ1) is 12.1. The fourth-order valence-corrected chi connectivity index (χ4v) is 2.53. The highest BCUT2D eigenvalue weighted by atomic mass is 16.6. The molecule has 0 unspecified atom stereocenters. The van der Waals surface area contributed by atoms with Gasteiger partial charge in [0, 0.05) is 6.42 Å². The van der Waals surface area contributed by atoms with Gasteiger partial charge >= 0.3 is 5.97 Å². The second-order valence-corrected chi connectivity index (χ2v) is 6.15. The van der Waals surface area contributed by atoms with Gasteiger partial charge < -0.3 is 9.47 Å². The Bertz CT molecular complexity index is 790. The summed E-state index contributed by atoms with van der Waals surface area (Å²) < 4.78 is 10.9. The molecule has 4 heteroatoms. The molecule has 0 atom stereocenters. The molecule has 0 bridgehead atoms. The van der Waals surface area contributed by atoms with E-state index in [2.05, 4.69) is 17.1 Å². The summed E-state index contributed by atoms with van der Waals surface area (Å²) in [5.41, 5.74) is 2.41. The van der Waals surface area contributed by atoms with Crippen molar-refractivity contribution in [1.29, 1.82) is 0 Å². The Morgan fingerprint density at radius 3 is 2.44 bits per heavy atom. The molecular weight excluding hydrogens is 314 g/mol. The molecule has 128 valence electrons. The number of cyclic esters (lactones) is 1. The van der Waals surface area contributed by atoms with E-state index in [1.807, 2.05) is 56.3 Å². The second-order valence-electron chi connectivity index (χ2n) is 6.15. The molecule has 0 N–H and O–H groups in total. The zero-order valence-corrected chi connectivity index (χ0v) is 14.4. The lowest BCUT2D eigenvalue weighted by Crippen LogP contribution is -2.05. The molecule has 25 heavy (non-hydrogen) atoms. The second kappa shape index (κ2) is 7.79. The largest absolute Gasteiger partial charge is 0.491 e. The van der Waals surface area contributed by atoms with Crippen molar-refractivity contribution in [2.75, 3.05) is 0 Å². The van der Waals surface area contributed by atoms with Gasteiger partial charge in [-0.25, -0.2) is 9.79 Å². The Balaban J connectivity index is 1.66. The smallest absolute Gasteiger partial charge is 0.363 e. The number of benzene rings is 2. The number of hydrogen-bond acceptors (Lipinski definition) is 4. The van der Waals surface area contributed by atoms with Gasteiger partial charge in [-0.15, -0.1) is 0 Å². The molecule has 0 aromatic heterocycles. The van der Waals surface area contributed by atoms with Gasteiger partial charge in [-0.05, 0) is 49.6 Å². The summed E-state index contributed by atoms with van der Waals surface area (Å²) >= 11 is 0. The Morgan fingerprint density at radius 2 is 1.76 bits per heavy atom. The first-order valence-electron chi connectivity index (χ1n) is 8.42. The molecule has 2 aromatic rings. The molecule has 1 aliphatic heterocycles. The molecule has 2 aromatic carbocycles. The number of carbonyl (C=O) groups excluding carboxylic acids is 1. The summed E-state index contributed by atoms with van der Waals surface area (Å²) in [6, 6.07) is 17.6. The molecule has 0 amide bonds. The van der Waals surface area contributed by atoms with E-state index in [1.165, 1.54) is 5.56 Å². The van der Waals surface area contributed by atoms with Crippen LogP contribution >= 0.6 is 0 Å². The average Bonchev–Trinajstić information content (AvgIpc) is 2.95. The van der Waals surface area contributed by atoms with Crippen LogP contribution in [0, 0.1) is 0 Å². The Hall–Kier alpha value is -2.88. The third kappa shape index (κ3) is 4.80. The van der Waals surface area contributed by atoms with Crippen LogP contribution in [-0.4, -0.2) is 18.0 Å². The predicted molar refractivity (Wildman–Crippen MR) is 98.5 cm³/mol. The Morgan fingerprint density at radius 1 is 1.04 bits per heavy atom. The molecule has 0 fully saturated rings. The van der Waals surface area contributed by atoms with E-state index >= 15 is 0 Å². The highest BCUT2D eigenvalue weighted by molar-refractivity contribution is 6.07. The minimum atomic E-state index is -0.398. The average molecular weight is 335 g/mol. The molecule has 0 radical (unpaired) electrons. The number of aryl methyl sites for hydroxylation is 1. The molecule has 1 aliphatic rings. The topological polar surface area (TPSA) is 47.9 Å². The van der Waals surface area contributed by atoms with Crippen molar-refractivity contribution in [3.63, 3.8) is 0 Å². The number of nitrogens with zero attached hydrogens (tertiary/aromatic N) is 1. The van der Waals surface area contributed by atoms with Crippen molar-refractivity contribution in [3.8, 4) is 5.75 Å². The fraction of sp³-hybridized carbons (Fsp3) is 0.238. The molecule has 0 aliphatic carbocycles. The Kier molecular flexibility index (Phi) is 5.29. The number of aliphatic imine (C=N–C) groups is 1. The number of rotatable bonds is 6. The molecule has 0 spiro atoms. The van der Waals surface area contributed by atoms with E-state index < -0.39 is 5.97 Å². The highest BCUT2D eigenvalue weighted by Crippen LogP contribution is 2.20. The summed E-state index contributed by atoms with van der Waals surface area (Å²) in [5.74, 6) is 0.878. The normalized spacial score (nSPS) is 15.4. The highest BCUT2D eigenvalue weighted by Gasteiger charge is 2.22. The minimum Gasteiger partial charge on any atom is -0.491 e. The van der Waals surface area contributed by atoms with Crippen LogP contribution in [-0.2, 0) is 16.0 Å². The van der Waals surface area contributed by atoms with Crippen LogP contribution < -0.4 is 4.74 Å². The van der Waals surface area contributed by atoms with Crippen LogP contribution in [0.2, 0.25) is 0 Å². The van der Waals surface area contributed by atoms with Crippen molar-refractivity contribution in [2.24, 2.45) is 4.99 Å². The van der Waals surface area contributed by atoms with Crippen molar-refractivity contribution in [1.82, 2.24) is 0 Å². The maximum absolute atomic E-state index is 12.0. The monoisotopic (exact) mass is 335 g/mol. The first-order valence-corrected chi connectivity index (χ1v) is 8.42. The fourth-order valence-electron chi connectivity index (χ4n) is 2.53. The van der Waals surface area contributed by atoms with Crippen molar-refractivity contribution in [3.05, 3.63) is 71.4 Å². The van der Waals surface area contributed by atoms with E-state index in [0.29, 0.717) is 18.0 Å². The van der Waals surface area contributed by atoms with Gasteiger partial charge in [0.2, 0.25) is 0 Å². The van der Waals surface area contributed by atoms with Gasteiger partial charge in [0.05, 0.1) is 6.10 Å². The lowest BCUT2D eigenvalue weighted by Gasteiger charge is -2.09. The van der Waals surface area contributed by atoms with Gasteiger partial charge in [-0.2, -0.15) is 0 Å². The molecule has 4 nitrogen and oxygen atoms in total. The maximum atomic E-state index is 12.0. The summed E-state index contributed by atoms with van der Waals surface area (Å²) in [5, 5.41) is 0. The quantitative estimate of drug-likeness (QED) is 0.580. The third-order valence-corrected chi connectivity index (χ3v) is 3.69. The van der Waals surface area contributed by atoms with Crippen LogP contribution in [0.25, 0.3) is 6.08 Å². The lowest BCUT2D eigenvalue weighted by molar-refractivity contribution is -0.130. The SMILES string of the molecule is CC(C)Oc1ccc(/C=C2/N=C(CCc3ccccc3)OC2=O)cc1. The summed E-state index contributed by atoms with van der Waals surface area (Å²) in [4.78, 5) is 16.3. The first kappa shape index (κ1) is 17.0. The number of esters is 1. The molecular formula is C21H21NO3. The number of ether oxygens (including phenoxy) is 2. The summed E-state index contributed by atoms with van der Waals surface area (Å²) in [6.07, 6.45) is 3.26. The molecule has 0 saturated carbocycles. The zero-order chi connectivity index (χ0) is 17.6. The van der Waals surface area contributed by atoms with Crippen molar-refractivity contribution < 1.29 is 14.3 Å². The van der Waals surface area contributed by atoms with Crippen molar-refractivity contribution in [2.45, 2.75) is 32.8 Å². The minimum absolute atomic E-state index is 0.130. The summed E-state index contributed by atoms with van der Waals surface area (Å²) in [7, 11) is 0. The van der Waals surface area contributed by atoms with E-state index in [-0.39, 0.29) is 6.10 Å². The Labute approximate surface area is 147 Å².